The SMILES string of the molecule is CC1CN(CC(=O)N(C)CCC#N)CC(C)(C)O1. The molecule has 0 aromatic rings. The lowest BCUT2D eigenvalue weighted by Crippen LogP contribution is -2.54. The summed E-state index contributed by atoms with van der Waals surface area (Å²) in [6.45, 7) is 8.55. The van der Waals surface area contributed by atoms with E-state index in [2.05, 4.69) is 4.90 Å². The molecule has 1 atom stereocenters. The second-order valence-electron chi connectivity index (χ2n) is 5.58. The molecule has 0 aromatic carbocycles. The number of hydrogen-bond donors (Lipinski definition) is 0. The van der Waals surface area contributed by atoms with E-state index in [4.69, 9.17) is 10.00 Å². The van der Waals surface area contributed by atoms with Crippen molar-refractivity contribution in [2.75, 3.05) is 33.2 Å². The van der Waals surface area contributed by atoms with Gasteiger partial charge in [0.25, 0.3) is 0 Å². The van der Waals surface area contributed by atoms with Gasteiger partial charge in [-0.3, -0.25) is 9.69 Å². The Morgan fingerprint density at radius 3 is 2.83 bits per heavy atom. The predicted octanol–water partition coefficient (Wildman–Crippen LogP) is 0.858. The molecule has 0 aliphatic carbocycles. The predicted molar refractivity (Wildman–Crippen MR) is 68.9 cm³/mol. The van der Waals surface area contributed by atoms with Gasteiger partial charge in [-0.15, -0.1) is 0 Å². The van der Waals surface area contributed by atoms with Gasteiger partial charge in [-0.2, -0.15) is 5.26 Å². The number of carbonyl (C=O) groups excluding carboxylic acids is 1. The Morgan fingerprint density at radius 1 is 1.61 bits per heavy atom. The molecule has 1 aliphatic rings. The van der Waals surface area contributed by atoms with Crippen molar-refractivity contribution in [3.63, 3.8) is 0 Å². The number of rotatable bonds is 4. The number of nitrogens with zero attached hydrogens (tertiary/aromatic N) is 3. The van der Waals surface area contributed by atoms with Gasteiger partial charge in [-0.25, -0.2) is 0 Å². The molecule has 5 nitrogen and oxygen atoms in total. The normalized spacial score (nSPS) is 23.4. The average molecular weight is 253 g/mol. The number of ether oxygens (including phenoxy) is 1. The number of amides is 1. The first-order valence-electron chi connectivity index (χ1n) is 6.35. The molecule has 0 radical (unpaired) electrons. The van der Waals surface area contributed by atoms with Crippen LogP contribution >= 0.6 is 0 Å². The average Bonchev–Trinajstić information content (AvgIpc) is 2.22. The Bertz CT molecular complexity index is 336. The molecule has 1 saturated heterocycles. The highest BCUT2D eigenvalue weighted by Gasteiger charge is 2.32. The van der Waals surface area contributed by atoms with E-state index in [1.54, 1.807) is 11.9 Å². The summed E-state index contributed by atoms with van der Waals surface area (Å²) < 4.78 is 5.80. The van der Waals surface area contributed by atoms with Gasteiger partial charge < -0.3 is 9.64 Å². The lowest BCUT2D eigenvalue weighted by molar-refractivity contribution is -0.144. The lowest BCUT2D eigenvalue weighted by atomic mass is 10.1. The number of morpholine rings is 1. The Balaban J connectivity index is 2.46. The molecule has 0 spiro atoms. The summed E-state index contributed by atoms with van der Waals surface area (Å²) >= 11 is 0. The van der Waals surface area contributed by atoms with E-state index >= 15 is 0 Å². The highest BCUT2D eigenvalue weighted by molar-refractivity contribution is 5.78. The van der Waals surface area contributed by atoms with Crippen LogP contribution in [-0.2, 0) is 9.53 Å². The van der Waals surface area contributed by atoms with Gasteiger partial charge in [0.15, 0.2) is 0 Å². The fraction of sp³-hybridized carbons (Fsp3) is 0.846. The van der Waals surface area contributed by atoms with Gasteiger partial charge in [0.1, 0.15) is 0 Å². The van der Waals surface area contributed by atoms with E-state index in [0.717, 1.165) is 13.1 Å². The first-order valence-corrected chi connectivity index (χ1v) is 6.35. The Morgan fingerprint density at radius 2 is 2.28 bits per heavy atom. The second-order valence-corrected chi connectivity index (χ2v) is 5.58. The van der Waals surface area contributed by atoms with E-state index < -0.39 is 0 Å². The van der Waals surface area contributed by atoms with Crippen LogP contribution in [0.5, 0.6) is 0 Å². The maximum Gasteiger partial charge on any atom is 0.236 e. The van der Waals surface area contributed by atoms with Crippen molar-refractivity contribution in [1.82, 2.24) is 9.80 Å². The fourth-order valence-electron chi connectivity index (χ4n) is 2.36. The third-order valence-corrected chi connectivity index (χ3v) is 2.98. The Hall–Kier alpha value is -1.12. The standard InChI is InChI=1S/C13H23N3O2/c1-11-8-16(10-13(2,3)18-11)9-12(17)15(4)7-5-6-14/h11H,5,7-10H2,1-4H3. The van der Waals surface area contributed by atoms with Crippen molar-refractivity contribution < 1.29 is 9.53 Å². The second kappa shape index (κ2) is 6.17. The molecule has 5 heteroatoms. The van der Waals surface area contributed by atoms with Crippen LogP contribution in [0.25, 0.3) is 0 Å². The molecule has 0 bridgehead atoms. The van der Waals surface area contributed by atoms with E-state index in [1.807, 2.05) is 26.8 Å². The number of carbonyl (C=O) groups is 1. The van der Waals surface area contributed by atoms with E-state index in [0.29, 0.717) is 19.5 Å². The maximum absolute atomic E-state index is 12.0. The monoisotopic (exact) mass is 253 g/mol. The first kappa shape index (κ1) is 14.9. The molecule has 1 rings (SSSR count). The summed E-state index contributed by atoms with van der Waals surface area (Å²) in [5, 5.41) is 8.51. The third kappa shape index (κ3) is 4.63. The first-order chi connectivity index (χ1) is 8.34. The number of likely N-dealkylation sites (N-methyl/N-ethyl adjacent to an activating group) is 1. The number of hydrogen-bond acceptors (Lipinski definition) is 4. The zero-order valence-corrected chi connectivity index (χ0v) is 11.8. The highest BCUT2D eigenvalue weighted by atomic mass is 16.5. The molecule has 102 valence electrons. The molecule has 0 aromatic heterocycles. The van der Waals surface area contributed by atoms with E-state index in [-0.39, 0.29) is 17.6 Å². The summed E-state index contributed by atoms with van der Waals surface area (Å²) in [4.78, 5) is 15.7. The summed E-state index contributed by atoms with van der Waals surface area (Å²) in [5.41, 5.74) is -0.205. The van der Waals surface area contributed by atoms with Gasteiger partial charge in [0.05, 0.1) is 30.7 Å². The van der Waals surface area contributed by atoms with Gasteiger partial charge >= 0.3 is 0 Å². The minimum absolute atomic E-state index is 0.0650. The molecule has 0 saturated carbocycles. The Labute approximate surface area is 109 Å². The fourth-order valence-corrected chi connectivity index (χ4v) is 2.36. The lowest BCUT2D eigenvalue weighted by Gasteiger charge is -2.41. The van der Waals surface area contributed by atoms with Gasteiger partial charge in [-0.05, 0) is 20.8 Å². The van der Waals surface area contributed by atoms with Crippen LogP contribution in [0, 0.1) is 11.3 Å². The molecular weight excluding hydrogens is 230 g/mol. The van der Waals surface area contributed by atoms with Crippen LogP contribution in [0.2, 0.25) is 0 Å². The van der Waals surface area contributed by atoms with Crippen molar-refractivity contribution in [2.24, 2.45) is 0 Å². The molecule has 1 heterocycles. The van der Waals surface area contributed by atoms with Gasteiger partial charge in [0.2, 0.25) is 5.91 Å². The van der Waals surface area contributed by atoms with Crippen LogP contribution in [0.15, 0.2) is 0 Å². The highest BCUT2D eigenvalue weighted by Crippen LogP contribution is 2.20. The van der Waals surface area contributed by atoms with Crippen LogP contribution in [-0.4, -0.2) is 60.6 Å². The largest absolute Gasteiger partial charge is 0.370 e. The van der Waals surface area contributed by atoms with E-state index in [9.17, 15) is 4.79 Å². The molecule has 1 unspecified atom stereocenters. The summed E-state index contributed by atoms with van der Waals surface area (Å²) in [6, 6.07) is 2.05. The summed E-state index contributed by atoms with van der Waals surface area (Å²) in [7, 11) is 1.74. The summed E-state index contributed by atoms with van der Waals surface area (Å²) in [5.74, 6) is 0.0650. The molecule has 1 amide bonds. The topological polar surface area (TPSA) is 56.6 Å². The molecule has 1 fully saturated rings. The molecular formula is C13H23N3O2. The van der Waals surface area contributed by atoms with Crippen LogP contribution in [0.4, 0.5) is 0 Å². The smallest absolute Gasteiger partial charge is 0.236 e. The van der Waals surface area contributed by atoms with Crippen LogP contribution < -0.4 is 0 Å². The zero-order valence-electron chi connectivity index (χ0n) is 11.8. The third-order valence-electron chi connectivity index (χ3n) is 2.98. The van der Waals surface area contributed by atoms with Crippen LogP contribution in [0.3, 0.4) is 0 Å². The molecule has 18 heavy (non-hydrogen) atoms. The van der Waals surface area contributed by atoms with Crippen molar-refractivity contribution in [1.29, 1.82) is 5.26 Å². The summed E-state index contributed by atoms with van der Waals surface area (Å²) in [6.07, 6.45) is 0.527. The van der Waals surface area contributed by atoms with E-state index in [1.165, 1.54) is 0 Å². The van der Waals surface area contributed by atoms with Crippen molar-refractivity contribution >= 4 is 5.91 Å². The maximum atomic E-state index is 12.0. The van der Waals surface area contributed by atoms with Crippen molar-refractivity contribution in [3.8, 4) is 6.07 Å². The van der Waals surface area contributed by atoms with Crippen LogP contribution in [0.1, 0.15) is 27.2 Å². The minimum atomic E-state index is -0.205. The van der Waals surface area contributed by atoms with Gasteiger partial charge in [-0.1, -0.05) is 0 Å². The number of nitriles is 1. The molecule has 0 N–H and O–H groups in total. The zero-order chi connectivity index (χ0) is 13.8. The minimum Gasteiger partial charge on any atom is -0.370 e. The van der Waals surface area contributed by atoms with Crippen molar-refractivity contribution in [2.45, 2.75) is 38.9 Å². The van der Waals surface area contributed by atoms with Crippen molar-refractivity contribution in [3.05, 3.63) is 0 Å². The Kier molecular flexibility index (Phi) is 5.12. The quantitative estimate of drug-likeness (QED) is 0.745. The molecule has 1 aliphatic heterocycles. The van der Waals surface area contributed by atoms with Gasteiger partial charge in [0, 0.05) is 26.7 Å².